The van der Waals surface area contributed by atoms with Crippen molar-refractivity contribution >= 4 is 27.6 Å². The first-order chi connectivity index (χ1) is 6.32. The smallest absolute Gasteiger partial charge is 0.327 e. The zero-order valence-electron chi connectivity index (χ0n) is 6.97. The molecule has 1 unspecified atom stereocenters. The maximum Gasteiger partial charge on any atom is 0.471 e. The first-order valence-corrected chi connectivity index (χ1v) is 4.77. The van der Waals surface area contributed by atoms with E-state index in [0.29, 0.717) is 4.90 Å². The molecule has 0 bridgehead atoms. The summed E-state index contributed by atoms with van der Waals surface area (Å²) in [5.41, 5.74) is 0. The first-order valence-electron chi connectivity index (χ1n) is 3.85. The molecule has 0 aromatic rings. The number of halogens is 4. The van der Waals surface area contributed by atoms with E-state index in [1.165, 1.54) is 0 Å². The van der Waals surface area contributed by atoms with Gasteiger partial charge in [0.25, 0.3) is 0 Å². The van der Waals surface area contributed by atoms with Gasteiger partial charge in [0, 0.05) is 6.54 Å². The van der Waals surface area contributed by atoms with Gasteiger partial charge in [-0.3, -0.25) is 9.59 Å². The number of alkyl halides is 4. The second kappa shape index (κ2) is 3.88. The molecule has 14 heavy (non-hydrogen) atoms. The molecule has 1 saturated heterocycles. The van der Waals surface area contributed by atoms with Crippen LogP contribution in [0.3, 0.4) is 0 Å². The fourth-order valence-electron chi connectivity index (χ4n) is 1.15. The van der Waals surface area contributed by atoms with E-state index in [0.717, 1.165) is 0 Å². The molecule has 0 aromatic heterocycles. The molecule has 1 heterocycles. The molecule has 1 aliphatic heterocycles. The van der Waals surface area contributed by atoms with Gasteiger partial charge in [-0.15, -0.1) is 0 Å². The summed E-state index contributed by atoms with van der Waals surface area (Å²) in [6.45, 7) is -0.506. The summed E-state index contributed by atoms with van der Waals surface area (Å²) in [5, 5.41) is 0. The number of carbonyl (C=O) groups excluding carboxylic acids is 2. The van der Waals surface area contributed by atoms with Crippen LogP contribution in [-0.4, -0.2) is 40.7 Å². The summed E-state index contributed by atoms with van der Waals surface area (Å²) >= 11 is 3.01. The highest BCUT2D eigenvalue weighted by atomic mass is 79.9. The summed E-state index contributed by atoms with van der Waals surface area (Å²) < 4.78 is 35.8. The van der Waals surface area contributed by atoms with Gasteiger partial charge < -0.3 is 4.90 Å². The van der Waals surface area contributed by atoms with Crippen LogP contribution in [0, 0.1) is 0 Å². The number of amides is 1. The van der Waals surface area contributed by atoms with Crippen LogP contribution in [0.2, 0.25) is 0 Å². The highest BCUT2D eigenvalue weighted by Gasteiger charge is 2.44. The van der Waals surface area contributed by atoms with Crippen molar-refractivity contribution in [3.8, 4) is 0 Å². The van der Waals surface area contributed by atoms with E-state index in [9.17, 15) is 22.8 Å². The molecule has 1 rings (SSSR count). The average molecular weight is 274 g/mol. The second-order valence-electron chi connectivity index (χ2n) is 2.95. The molecular formula is C7H7BrF3NO2. The predicted molar refractivity (Wildman–Crippen MR) is 45.0 cm³/mol. The number of carbonyl (C=O) groups is 2. The Morgan fingerprint density at radius 2 is 2.07 bits per heavy atom. The fourth-order valence-corrected chi connectivity index (χ4v) is 1.50. The van der Waals surface area contributed by atoms with Crippen LogP contribution >= 0.6 is 15.9 Å². The third kappa shape index (κ3) is 2.46. The minimum atomic E-state index is -4.89. The summed E-state index contributed by atoms with van der Waals surface area (Å²) in [7, 11) is 0. The fraction of sp³-hybridized carbons (Fsp3) is 0.714. The molecule has 1 aliphatic rings. The molecule has 0 radical (unpaired) electrons. The van der Waals surface area contributed by atoms with Crippen LogP contribution in [0.25, 0.3) is 0 Å². The first kappa shape index (κ1) is 11.5. The molecule has 1 atom stereocenters. The van der Waals surface area contributed by atoms with Gasteiger partial charge in [0.05, 0.1) is 11.4 Å². The van der Waals surface area contributed by atoms with Gasteiger partial charge in [-0.25, -0.2) is 0 Å². The number of ketones is 1. The van der Waals surface area contributed by atoms with E-state index in [-0.39, 0.29) is 13.0 Å². The molecule has 1 amide bonds. The van der Waals surface area contributed by atoms with Crippen molar-refractivity contribution in [2.75, 3.05) is 13.1 Å². The van der Waals surface area contributed by atoms with E-state index in [2.05, 4.69) is 15.9 Å². The molecule has 80 valence electrons. The molecule has 0 saturated carbocycles. The topological polar surface area (TPSA) is 37.4 Å². The highest BCUT2D eigenvalue weighted by Crippen LogP contribution is 2.22. The van der Waals surface area contributed by atoms with Gasteiger partial charge in [-0.2, -0.15) is 13.2 Å². The van der Waals surface area contributed by atoms with E-state index in [1.807, 2.05) is 0 Å². The normalized spacial score (nSPS) is 23.9. The number of nitrogens with zero attached hydrogens (tertiary/aromatic N) is 1. The number of rotatable bonds is 0. The average Bonchev–Trinajstić information content (AvgIpc) is 2.07. The predicted octanol–water partition coefficient (Wildman–Crippen LogP) is 1.11. The maximum atomic E-state index is 11.9. The summed E-state index contributed by atoms with van der Waals surface area (Å²) in [4.78, 5) is 21.8. The molecule has 0 aliphatic carbocycles. The van der Waals surface area contributed by atoms with Crippen LogP contribution in [0.4, 0.5) is 13.2 Å². The molecular weight excluding hydrogens is 267 g/mol. The number of Topliss-reactive ketones (excluding diaryl/α,β-unsaturated/α-hetero) is 1. The monoisotopic (exact) mass is 273 g/mol. The van der Waals surface area contributed by atoms with E-state index >= 15 is 0 Å². The van der Waals surface area contributed by atoms with Gasteiger partial charge in [0.2, 0.25) is 0 Å². The molecule has 0 spiro atoms. The van der Waals surface area contributed by atoms with Crippen LogP contribution in [0.5, 0.6) is 0 Å². The second-order valence-corrected chi connectivity index (χ2v) is 4.05. The quantitative estimate of drug-likeness (QED) is 0.621. The van der Waals surface area contributed by atoms with Crippen molar-refractivity contribution in [2.45, 2.75) is 17.4 Å². The zero-order valence-corrected chi connectivity index (χ0v) is 8.56. The third-order valence-corrected chi connectivity index (χ3v) is 2.85. The van der Waals surface area contributed by atoms with E-state index in [4.69, 9.17) is 0 Å². The molecule has 7 heteroatoms. The SMILES string of the molecule is O=C1CN(C(=O)C(F)(F)F)CCC1Br. The number of hydrogen-bond acceptors (Lipinski definition) is 2. The lowest BCUT2D eigenvalue weighted by Gasteiger charge is -2.28. The molecule has 0 aromatic carbocycles. The van der Waals surface area contributed by atoms with Gasteiger partial charge in [-0.1, -0.05) is 15.9 Å². The largest absolute Gasteiger partial charge is 0.471 e. The number of likely N-dealkylation sites (tertiary alicyclic amines) is 1. The van der Waals surface area contributed by atoms with Crippen LogP contribution in [0.1, 0.15) is 6.42 Å². The lowest BCUT2D eigenvalue weighted by molar-refractivity contribution is -0.186. The maximum absolute atomic E-state index is 11.9. The lowest BCUT2D eigenvalue weighted by atomic mass is 10.1. The number of piperidine rings is 1. The summed E-state index contributed by atoms with van der Waals surface area (Å²) in [5.74, 6) is -2.33. The Balaban J connectivity index is 2.64. The zero-order chi connectivity index (χ0) is 10.9. The van der Waals surface area contributed by atoms with Crippen LogP contribution in [-0.2, 0) is 9.59 Å². The van der Waals surface area contributed by atoms with Crippen LogP contribution in [0.15, 0.2) is 0 Å². The van der Waals surface area contributed by atoms with E-state index in [1.54, 1.807) is 0 Å². The Kier molecular flexibility index (Phi) is 3.18. The standard InChI is InChI=1S/C7H7BrF3NO2/c8-4-1-2-12(3-5(4)13)6(14)7(9,10)11/h4H,1-3H2. The van der Waals surface area contributed by atoms with Crippen molar-refractivity contribution < 1.29 is 22.8 Å². The molecule has 0 N–H and O–H groups in total. The van der Waals surface area contributed by atoms with Gasteiger partial charge in [0.15, 0.2) is 5.78 Å². The summed E-state index contributed by atoms with van der Waals surface area (Å²) in [6.07, 6.45) is -4.67. The highest BCUT2D eigenvalue weighted by molar-refractivity contribution is 9.10. The van der Waals surface area contributed by atoms with Crippen molar-refractivity contribution in [1.29, 1.82) is 0 Å². The minimum Gasteiger partial charge on any atom is -0.327 e. The Morgan fingerprint density at radius 3 is 2.50 bits per heavy atom. The van der Waals surface area contributed by atoms with Crippen molar-refractivity contribution in [3.05, 3.63) is 0 Å². The van der Waals surface area contributed by atoms with Gasteiger partial charge >= 0.3 is 12.1 Å². The lowest BCUT2D eigenvalue weighted by Crippen LogP contribution is -2.49. The van der Waals surface area contributed by atoms with Crippen molar-refractivity contribution in [2.24, 2.45) is 0 Å². The summed E-state index contributed by atoms with van der Waals surface area (Å²) in [6, 6.07) is 0. The third-order valence-electron chi connectivity index (χ3n) is 1.88. The molecule has 1 fully saturated rings. The van der Waals surface area contributed by atoms with E-state index < -0.39 is 29.2 Å². The van der Waals surface area contributed by atoms with Gasteiger partial charge in [-0.05, 0) is 6.42 Å². The Bertz CT molecular complexity index is 266. The Labute approximate surface area is 86.4 Å². The minimum absolute atomic E-state index is 0.0417. The number of hydrogen-bond donors (Lipinski definition) is 0. The van der Waals surface area contributed by atoms with Crippen LogP contribution < -0.4 is 0 Å². The van der Waals surface area contributed by atoms with Crippen molar-refractivity contribution in [1.82, 2.24) is 4.90 Å². The Morgan fingerprint density at radius 1 is 1.50 bits per heavy atom. The molecule has 3 nitrogen and oxygen atoms in total. The van der Waals surface area contributed by atoms with Crippen molar-refractivity contribution in [3.63, 3.8) is 0 Å². The Hall–Kier alpha value is -0.590. The van der Waals surface area contributed by atoms with Gasteiger partial charge in [0.1, 0.15) is 0 Å².